The third kappa shape index (κ3) is 4.69. The van der Waals surface area contributed by atoms with Crippen LogP contribution in [0.1, 0.15) is 35.1 Å². The zero-order valence-corrected chi connectivity index (χ0v) is 17.0. The van der Waals surface area contributed by atoms with Crippen LogP contribution in [0.5, 0.6) is 0 Å². The Hall–Kier alpha value is -3.60. The molecule has 1 unspecified atom stereocenters. The largest absolute Gasteiger partial charge is 0.329 e. The lowest BCUT2D eigenvalue weighted by Gasteiger charge is -2.29. The van der Waals surface area contributed by atoms with Crippen molar-refractivity contribution in [3.05, 3.63) is 102 Å². The normalized spacial score (nSPS) is 11.9. The van der Waals surface area contributed by atoms with Gasteiger partial charge in [-0.3, -0.25) is 14.8 Å². The predicted molar refractivity (Wildman–Crippen MR) is 118 cm³/mol. The van der Waals surface area contributed by atoms with Crippen LogP contribution in [0.15, 0.2) is 85.3 Å². The Labute approximate surface area is 176 Å². The molecule has 30 heavy (non-hydrogen) atoms. The van der Waals surface area contributed by atoms with Gasteiger partial charge in [-0.05, 0) is 55.7 Å². The molecule has 4 aromatic rings. The van der Waals surface area contributed by atoms with Crippen molar-refractivity contribution in [2.24, 2.45) is 0 Å². The third-order valence-electron chi connectivity index (χ3n) is 5.25. The zero-order chi connectivity index (χ0) is 20.8. The second kappa shape index (κ2) is 9.27. The van der Waals surface area contributed by atoms with Crippen LogP contribution in [-0.4, -0.2) is 31.8 Å². The highest BCUT2D eigenvalue weighted by Crippen LogP contribution is 2.18. The number of aromatic nitrogens is 3. The molecule has 5 nitrogen and oxygen atoms in total. The molecule has 0 aliphatic heterocycles. The number of carbonyl (C=O) groups is 1. The number of benzene rings is 1. The van der Waals surface area contributed by atoms with Gasteiger partial charge in [0.2, 0.25) is 0 Å². The minimum atomic E-state index is -0.0834. The molecule has 150 valence electrons. The summed E-state index contributed by atoms with van der Waals surface area (Å²) >= 11 is 0. The first-order valence-electron chi connectivity index (χ1n) is 10.2. The first kappa shape index (κ1) is 19.7. The van der Waals surface area contributed by atoms with Gasteiger partial charge in [0.1, 0.15) is 5.69 Å². The number of nitrogens with zero attached hydrogens (tertiary/aromatic N) is 4. The van der Waals surface area contributed by atoms with Gasteiger partial charge >= 0.3 is 0 Å². The highest BCUT2D eigenvalue weighted by Gasteiger charge is 2.23. The molecule has 0 aliphatic carbocycles. The monoisotopic (exact) mass is 396 g/mol. The van der Waals surface area contributed by atoms with Crippen LogP contribution >= 0.6 is 0 Å². The van der Waals surface area contributed by atoms with Crippen LogP contribution in [0.25, 0.3) is 10.9 Å². The third-order valence-corrected chi connectivity index (χ3v) is 5.25. The molecule has 4 rings (SSSR count). The number of hydrogen-bond acceptors (Lipinski definition) is 4. The van der Waals surface area contributed by atoms with Crippen LogP contribution in [0.3, 0.4) is 0 Å². The second-order valence-electron chi connectivity index (χ2n) is 7.39. The summed E-state index contributed by atoms with van der Waals surface area (Å²) in [6, 6.07) is 21.7. The first-order chi connectivity index (χ1) is 14.7. The van der Waals surface area contributed by atoms with Crippen molar-refractivity contribution in [1.29, 1.82) is 0 Å². The van der Waals surface area contributed by atoms with E-state index in [0.29, 0.717) is 12.2 Å². The minimum Gasteiger partial charge on any atom is -0.329 e. The van der Waals surface area contributed by atoms with E-state index in [1.165, 1.54) is 5.56 Å². The summed E-state index contributed by atoms with van der Waals surface area (Å²) in [5, 5.41) is 0.919. The van der Waals surface area contributed by atoms with E-state index in [4.69, 9.17) is 0 Å². The second-order valence-corrected chi connectivity index (χ2v) is 7.39. The number of rotatable bonds is 7. The Bertz CT molecular complexity index is 1120. The van der Waals surface area contributed by atoms with Gasteiger partial charge in [-0.15, -0.1) is 0 Å². The molecule has 3 aromatic heterocycles. The van der Waals surface area contributed by atoms with Crippen LogP contribution in [0, 0.1) is 0 Å². The minimum absolute atomic E-state index is 0.0367. The van der Waals surface area contributed by atoms with E-state index >= 15 is 0 Å². The van der Waals surface area contributed by atoms with E-state index < -0.39 is 0 Å². The number of pyridine rings is 3. The smallest absolute Gasteiger partial charge is 0.273 e. The van der Waals surface area contributed by atoms with Gasteiger partial charge in [0.05, 0.1) is 17.8 Å². The maximum atomic E-state index is 13.5. The molecular weight excluding hydrogens is 372 g/mol. The van der Waals surface area contributed by atoms with Crippen molar-refractivity contribution in [3.8, 4) is 0 Å². The Balaban J connectivity index is 1.58. The van der Waals surface area contributed by atoms with Crippen molar-refractivity contribution in [1.82, 2.24) is 19.9 Å². The molecule has 1 amide bonds. The van der Waals surface area contributed by atoms with Gasteiger partial charge in [-0.25, -0.2) is 4.98 Å². The molecule has 5 heteroatoms. The van der Waals surface area contributed by atoms with Crippen LogP contribution in [-0.2, 0) is 13.0 Å². The van der Waals surface area contributed by atoms with Gasteiger partial charge in [0, 0.05) is 30.0 Å². The first-order valence-corrected chi connectivity index (χ1v) is 10.2. The number of fused-ring (bicyclic) bond motifs is 1. The van der Waals surface area contributed by atoms with E-state index in [1.807, 2.05) is 53.4 Å². The van der Waals surface area contributed by atoms with Crippen molar-refractivity contribution < 1.29 is 4.79 Å². The highest BCUT2D eigenvalue weighted by molar-refractivity contribution is 5.94. The number of aryl methyl sites for hydroxylation is 1. The van der Waals surface area contributed by atoms with Crippen LogP contribution in [0.4, 0.5) is 0 Å². The molecule has 0 saturated carbocycles. The topological polar surface area (TPSA) is 59.0 Å². The summed E-state index contributed by atoms with van der Waals surface area (Å²) in [5.41, 5.74) is 3.34. The summed E-state index contributed by atoms with van der Waals surface area (Å²) in [7, 11) is 0. The standard InChI is InChI=1S/C25H24N4O/c1-19(10-11-20-7-3-2-4-8-20)29(18-22-9-5-6-15-27-22)25(30)24-13-12-21-17-26-16-14-23(21)28-24/h2-9,12-17,19H,10-11,18H2,1H3. The number of amides is 1. The Morgan fingerprint density at radius 1 is 0.967 bits per heavy atom. The summed E-state index contributed by atoms with van der Waals surface area (Å²) in [5.74, 6) is -0.0834. The molecule has 3 heterocycles. The molecule has 1 atom stereocenters. The molecule has 0 aliphatic rings. The van der Waals surface area contributed by atoms with Crippen LogP contribution in [0.2, 0.25) is 0 Å². The summed E-state index contributed by atoms with van der Waals surface area (Å²) in [6.45, 7) is 2.54. The quantitative estimate of drug-likeness (QED) is 0.455. The fourth-order valence-corrected chi connectivity index (χ4v) is 3.50. The maximum Gasteiger partial charge on any atom is 0.273 e. The summed E-state index contributed by atoms with van der Waals surface area (Å²) in [4.78, 5) is 28.5. The average Bonchev–Trinajstić information content (AvgIpc) is 2.81. The summed E-state index contributed by atoms with van der Waals surface area (Å²) < 4.78 is 0. The van der Waals surface area contributed by atoms with E-state index in [9.17, 15) is 4.79 Å². The van der Waals surface area contributed by atoms with Crippen molar-refractivity contribution in [2.45, 2.75) is 32.4 Å². The molecule has 0 bridgehead atoms. The van der Waals surface area contributed by atoms with Gasteiger partial charge in [-0.1, -0.05) is 36.4 Å². The van der Waals surface area contributed by atoms with Crippen LogP contribution < -0.4 is 0 Å². The molecule has 0 radical (unpaired) electrons. The summed E-state index contributed by atoms with van der Waals surface area (Å²) in [6.07, 6.45) is 6.97. The van der Waals surface area contributed by atoms with Crippen molar-refractivity contribution in [3.63, 3.8) is 0 Å². The molecule has 0 spiro atoms. The van der Waals surface area contributed by atoms with Crippen molar-refractivity contribution in [2.75, 3.05) is 0 Å². The number of hydrogen-bond donors (Lipinski definition) is 0. The Morgan fingerprint density at radius 2 is 1.80 bits per heavy atom. The van der Waals surface area contributed by atoms with Gasteiger partial charge in [-0.2, -0.15) is 0 Å². The van der Waals surface area contributed by atoms with Crippen molar-refractivity contribution >= 4 is 16.8 Å². The molecular formula is C25H24N4O. The molecule has 0 fully saturated rings. The number of carbonyl (C=O) groups excluding carboxylic acids is 1. The Kier molecular flexibility index (Phi) is 6.09. The lowest BCUT2D eigenvalue weighted by molar-refractivity contribution is 0.0659. The SMILES string of the molecule is CC(CCc1ccccc1)N(Cc1ccccn1)C(=O)c1ccc2cnccc2n1. The van der Waals surface area contributed by atoms with E-state index in [-0.39, 0.29) is 11.9 Å². The molecule has 0 saturated heterocycles. The lowest BCUT2D eigenvalue weighted by atomic mass is 10.0. The van der Waals surface area contributed by atoms with E-state index in [1.54, 1.807) is 24.7 Å². The fourth-order valence-electron chi connectivity index (χ4n) is 3.50. The zero-order valence-electron chi connectivity index (χ0n) is 17.0. The predicted octanol–water partition coefficient (Wildman–Crippen LogP) is 4.69. The Morgan fingerprint density at radius 3 is 2.60 bits per heavy atom. The van der Waals surface area contributed by atoms with E-state index in [0.717, 1.165) is 29.4 Å². The van der Waals surface area contributed by atoms with Gasteiger partial charge in [0.25, 0.3) is 5.91 Å². The van der Waals surface area contributed by atoms with Gasteiger partial charge in [0.15, 0.2) is 0 Å². The maximum absolute atomic E-state index is 13.5. The fraction of sp³-hybridized carbons (Fsp3) is 0.200. The van der Waals surface area contributed by atoms with E-state index in [2.05, 4.69) is 34.0 Å². The molecule has 0 N–H and O–H groups in total. The lowest BCUT2D eigenvalue weighted by Crippen LogP contribution is -2.39. The average molecular weight is 396 g/mol. The van der Waals surface area contributed by atoms with Gasteiger partial charge < -0.3 is 4.90 Å². The molecule has 1 aromatic carbocycles. The highest BCUT2D eigenvalue weighted by atomic mass is 16.2.